The molecule has 2 aromatic rings. The van der Waals surface area contributed by atoms with Crippen LogP contribution >= 0.6 is 11.8 Å². The second kappa shape index (κ2) is 5.35. The van der Waals surface area contributed by atoms with Gasteiger partial charge in [-0.3, -0.25) is 0 Å². The van der Waals surface area contributed by atoms with Gasteiger partial charge in [-0.15, -0.1) is 11.8 Å². The van der Waals surface area contributed by atoms with Crippen molar-refractivity contribution in [3.63, 3.8) is 0 Å². The van der Waals surface area contributed by atoms with Gasteiger partial charge in [0.25, 0.3) is 0 Å². The van der Waals surface area contributed by atoms with Gasteiger partial charge in [0, 0.05) is 16.6 Å². The Hall–Kier alpha value is -1.62. The van der Waals surface area contributed by atoms with Crippen molar-refractivity contribution in [3.8, 4) is 5.75 Å². The van der Waals surface area contributed by atoms with E-state index in [2.05, 4.69) is 4.98 Å². The van der Waals surface area contributed by atoms with E-state index in [1.807, 2.05) is 32.0 Å². The van der Waals surface area contributed by atoms with E-state index < -0.39 is 0 Å². The predicted molar refractivity (Wildman–Crippen MR) is 72.9 cm³/mol. The molecule has 0 unspecified atom stereocenters. The maximum Gasteiger partial charge on any atom is 0.204 e. The molecule has 0 amide bonds. The summed E-state index contributed by atoms with van der Waals surface area (Å²) in [6.45, 7) is 3.86. The van der Waals surface area contributed by atoms with E-state index in [1.54, 1.807) is 18.9 Å². The summed E-state index contributed by atoms with van der Waals surface area (Å²) in [4.78, 5) is 5.37. The van der Waals surface area contributed by atoms with Crippen LogP contribution in [0.15, 0.2) is 27.5 Å². The maximum atomic E-state index is 5.71. The molecule has 0 aliphatic rings. The molecule has 1 aromatic heterocycles. The van der Waals surface area contributed by atoms with Crippen LogP contribution in [0.4, 0.5) is 5.69 Å². The molecule has 0 radical (unpaired) electrons. The zero-order valence-corrected chi connectivity index (χ0v) is 11.5. The summed E-state index contributed by atoms with van der Waals surface area (Å²) in [5, 5.41) is 0. The molecule has 0 saturated carbocycles. The number of ether oxygens (including phenoxy) is 1. The first kappa shape index (κ1) is 12.8. The first-order valence-electron chi connectivity index (χ1n) is 5.59. The summed E-state index contributed by atoms with van der Waals surface area (Å²) in [6.07, 6.45) is 0. The van der Waals surface area contributed by atoms with Crippen molar-refractivity contribution >= 4 is 17.4 Å². The summed E-state index contributed by atoms with van der Waals surface area (Å²) in [5.41, 5.74) is 7.35. The molecule has 1 heterocycles. The molecule has 0 aliphatic heterocycles. The fourth-order valence-electron chi connectivity index (χ4n) is 1.54. The Morgan fingerprint density at radius 2 is 2.17 bits per heavy atom. The minimum absolute atomic E-state index is 0.676. The van der Waals surface area contributed by atoms with Gasteiger partial charge in [0.05, 0.1) is 18.6 Å². The molecule has 2 N–H and O–H groups in total. The Morgan fingerprint density at radius 3 is 2.78 bits per heavy atom. The van der Waals surface area contributed by atoms with Crippen molar-refractivity contribution in [3.05, 3.63) is 35.5 Å². The lowest BCUT2D eigenvalue weighted by atomic mass is 10.3. The molecular formula is C13H16N2O2S. The zero-order valence-electron chi connectivity index (χ0n) is 10.7. The van der Waals surface area contributed by atoms with E-state index >= 15 is 0 Å². The van der Waals surface area contributed by atoms with Gasteiger partial charge in [0.2, 0.25) is 5.89 Å². The predicted octanol–water partition coefficient (Wildman–Crippen LogP) is 3.17. The summed E-state index contributed by atoms with van der Waals surface area (Å²) in [7, 11) is 1.64. The van der Waals surface area contributed by atoms with Crippen LogP contribution in [0.25, 0.3) is 0 Å². The summed E-state index contributed by atoms with van der Waals surface area (Å²) in [5.74, 6) is 3.05. The number of anilines is 1. The number of nitrogen functional groups attached to an aromatic ring is 1. The van der Waals surface area contributed by atoms with E-state index in [0.29, 0.717) is 11.4 Å². The highest BCUT2D eigenvalue weighted by Gasteiger charge is 2.09. The number of oxazole rings is 1. The number of rotatable bonds is 4. The number of aromatic nitrogens is 1. The number of nitrogens with zero attached hydrogens (tertiary/aromatic N) is 1. The molecule has 0 bridgehead atoms. The van der Waals surface area contributed by atoms with Gasteiger partial charge < -0.3 is 14.9 Å². The molecule has 2 rings (SSSR count). The zero-order chi connectivity index (χ0) is 13.1. The van der Waals surface area contributed by atoms with E-state index in [1.165, 1.54) is 0 Å². The Balaban J connectivity index is 2.10. The van der Waals surface area contributed by atoms with Gasteiger partial charge in [-0.25, -0.2) is 4.98 Å². The molecule has 96 valence electrons. The molecule has 1 aromatic carbocycles. The number of methoxy groups -OCH3 is 1. The van der Waals surface area contributed by atoms with E-state index in [9.17, 15) is 0 Å². The molecule has 4 nitrogen and oxygen atoms in total. The minimum Gasteiger partial charge on any atom is -0.496 e. The molecular weight excluding hydrogens is 248 g/mol. The Labute approximate surface area is 111 Å². The normalized spacial score (nSPS) is 10.6. The third-order valence-corrected chi connectivity index (χ3v) is 3.65. The Kier molecular flexibility index (Phi) is 3.81. The highest BCUT2D eigenvalue weighted by molar-refractivity contribution is 7.98. The topological polar surface area (TPSA) is 61.3 Å². The third-order valence-electron chi connectivity index (χ3n) is 2.61. The van der Waals surface area contributed by atoms with Crippen LogP contribution in [0.2, 0.25) is 0 Å². The SMILES string of the molecule is COc1cc(N)ccc1SCc1nc(C)c(C)o1. The van der Waals surface area contributed by atoms with E-state index in [-0.39, 0.29) is 0 Å². The van der Waals surface area contributed by atoms with Gasteiger partial charge in [-0.2, -0.15) is 0 Å². The second-order valence-corrected chi connectivity index (χ2v) is 4.97. The molecule has 5 heteroatoms. The number of nitrogens with two attached hydrogens (primary N) is 1. The van der Waals surface area contributed by atoms with E-state index in [4.69, 9.17) is 14.9 Å². The maximum absolute atomic E-state index is 5.71. The standard InChI is InChI=1S/C13H16N2O2S/c1-8-9(2)17-13(15-8)7-18-12-5-4-10(14)6-11(12)16-3/h4-6H,7,14H2,1-3H3. The van der Waals surface area contributed by atoms with E-state index in [0.717, 1.165) is 28.0 Å². The fourth-order valence-corrected chi connectivity index (χ4v) is 2.40. The van der Waals surface area contributed by atoms with Gasteiger partial charge in [0.1, 0.15) is 11.5 Å². The number of hydrogen-bond acceptors (Lipinski definition) is 5. The summed E-state index contributed by atoms with van der Waals surface area (Å²) in [6, 6.07) is 5.62. The molecule has 0 fully saturated rings. The Morgan fingerprint density at radius 1 is 1.39 bits per heavy atom. The summed E-state index contributed by atoms with van der Waals surface area (Å²) >= 11 is 1.62. The fraction of sp³-hybridized carbons (Fsp3) is 0.308. The third kappa shape index (κ3) is 2.79. The highest BCUT2D eigenvalue weighted by Crippen LogP contribution is 2.33. The highest BCUT2D eigenvalue weighted by atomic mass is 32.2. The van der Waals surface area contributed by atoms with Gasteiger partial charge in [-0.05, 0) is 26.0 Å². The molecule has 0 spiro atoms. The first-order valence-corrected chi connectivity index (χ1v) is 6.58. The number of hydrogen-bond donors (Lipinski definition) is 1. The van der Waals surface area contributed by atoms with Crippen molar-refractivity contribution in [1.29, 1.82) is 0 Å². The van der Waals surface area contributed by atoms with Crippen molar-refractivity contribution in [2.45, 2.75) is 24.5 Å². The largest absolute Gasteiger partial charge is 0.496 e. The average Bonchev–Trinajstić information content (AvgIpc) is 2.67. The minimum atomic E-state index is 0.676. The Bertz CT molecular complexity index is 532. The van der Waals surface area contributed by atoms with Crippen molar-refractivity contribution < 1.29 is 9.15 Å². The number of aryl methyl sites for hydroxylation is 2. The van der Waals surface area contributed by atoms with Crippen LogP contribution in [-0.2, 0) is 5.75 Å². The number of benzene rings is 1. The second-order valence-electron chi connectivity index (χ2n) is 3.95. The van der Waals surface area contributed by atoms with Gasteiger partial charge >= 0.3 is 0 Å². The monoisotopic (exact) mass is 264 g/mol. The van der Waals surface area contributed by atoms with Crippen molar-refractivity contribution in [2.75, 3.05) is 12.8 Å². The van der Waals surface area contributed by atoms with Gasteiger partial charge in [-0.1, -0.05) is 0 Å². The first-order chi connectivity index (χ1) is 8.60. The van der Waals surface area contributed by atoms with Crippen LogP contribution in [0.1, 0.15) is 17.3 Å². The average molecular weight is 264 g/mol. The quantitative estimate of drug-likeness (QED) is 0.679. The molecule has 18 heavy (non-hydrogen) atoms. The van der Waals surface area contributed by atoms with Crippen LogP contribution < -0.4 is 10.5 Å². The van der Waals surface area contributed by atoms with Crippen LogP contribution in [-0.4, -0.2) is 12.1 Å². The van der Waals surface area contributed by atoms with Crippen LogP contribution in [0, 0.1) is 13.8 Å². The van der Waals surface area contributed by atoms with Crippen LogP contribution in [0.5, 0.6) is 5.75 Å². The lowest BCUT2D eigenvalue weighted by Gasteiger charge is -2.07. The van der Waals surface area contributed by atoms with Crippen molar-refractivity contribution in [1.82, 2.24) is 4.98 Å². The molecule has 0 saturated heterocycles. The lowest BCUT2D eigenvalue weighted by molar-refractivity contribution is 0.405. The summed E-state index contributed by atoms with van der Waals surface area (Å²) < 4.78 is 10.8. The molecule has 0 aliphatic carbocycles. The smallest absolute Gasteiger partial charge is 0.204 e. The van der Waals surface area contributed by atoms with Gasteiger partial charge in [0.15, 0.2) is 0 Å². The molecule has 0 atom stereocenters. The number of thioether (sulfide) groups is 1. The lowest BCUT2D eigenvalue weighted by Crippen LogP contribution is -1.90. The van der Waals surface area contributed by atoms with Crippen LogP contribution in [0.3, 0.4) is 0 Å². The van der Waals surface area contributed by atoms with Crippen molar-refractivity contribution in [2.24, 2.45) is 0 Å².